The molecule has 0 heterocycles. The minimum absolute atomic E-state index is 0.00475. The molecule has 0 fully saturated rings. The van der Waals surface area contributed by atoms with E-state index in [1.165, 1.54) is 20.8 Å². The molecule has 0 aliphatic carbocycles. The highest BCUT2D eigenvalue weighted by molar-refractivity contribution is 6.09. The van der Waals surface area contributed by atoms with E-state index in [1.807, 2.05) is 0 Å². The molecule has 0 saturated heterocycles. The molecule has 9 nitrogen and oxygen atoms in total. The third-order valence-electron chi connectivity index (χ3n) is 5.58. The van der Waals surface area contributed by atoms with E-state index in [0.29, 0.717) is 6.42 Å². The summed E-state index contributed by atoms with van der Waals surface area (Å²) in [6.45, 7) is 5.99. The van der Waals surface area contributed by atoms with E-state index in [1.54, 1.807) is 6.92 Å². The number of hydrogen-bond donors (Lipinski definition) is 6. The van der Waals surface area contributed by atoms with Gasteiger partial charge in [0.2, 0.25) is 0 Å². The average molecular weight is 460 g/mol. The molecule has 33 heavy (non-hydrogen) atoms. The summed E-state index contributed by atoms with van der Waals surface area (Å²) in [4.78, 5) is 37.3. The third-order valence-corrected chi connectivity index (χ3v) is 5.58. The minimum Gasteiger partial charge on any atom is -0.507 e. The zero-order chi connectivity index (χ0) is 25.2. The van der Waals surface area contributed by atoms with Gasteiger partial charge in [-0.15, -0.1) is 0 Å². The molecule has 2 rings (SSSR count). The smallest absolute Gasteiger partial charge is 0.170 e. The quantitative estimate of drug-likeness (QED) is 0.302. The largest absolute Gasteiger partial charge is 0.507 e. The molecule has 0 aliphatic rings. The van der Waals surface area contributed by atoms with Crippen molar-refractivity contribution in [2.24, 2.45) is 0 Å². The Kier molecular flexibility index (Phi) is 7.58. The number of aromatic hydroxyl groups is 6. The van der Waals surface area contributed by atoms with Gasteiger partial charge in [-0.05, 0) is 13.3 Å². The summed E-state index contributed by atoms with van der Waals surface area (Å²) in [5.41, 5.74) is -2.40. The molecule has 0 amide bonds. The van der Waals surface area contributed by atoms with Gasteiger partial charge in [-0.1, -0.05) is 20.8 Å². The van der Waals surface area contributed by atoms with Crippen LogP contribution in [0.15, 0.2) is 0 Å². The number of hydrogen-bond acceptors (Lipinski definition) is 9. The highest BCUT2D eigenvalue weighted by atomic mass is 16.3. The van der Waals surface area contributed by atoms with Gasteiger partial charge < -0.3 is 30.6 Å². The van der Waals surface area contributed by atoms with E-state index >= 15 is 0 Å². The van der Waals surface area contributed by atoms with Crippen molar-refractivity contribution in [3.63, 3.8) is 0 Å². The second kappa shape index (κ2) is 9.81. The Balaban J connectivity index is 2.90. The van der Waals surface area contributed by atoms with Crippen molar-refractivity contribution < 1.29 is 45.0 Å². The van der Waals surface area contributed by atoms with Crippen LogP contribution in [0.2, 0.25) is 0 Å². The van der Waals surface area contributed by atoms with Crippen LogP contribution in [0.5, 0.6) is 34.5 Å². The monoisotopic (exact) mass is 460 g/mol. The Labute approximate surface area is 190 Å². The van der Waals surface area contributed by atoms with Crippen molar-refractivity contribution in [2.45, 2.75) is 59.8 Å². The number of rotatable bonds is 9. The van der Waals surface area contributed by atoms with Gasteiger partial charge in [-0.3, -0.25) is 14.4 Å². The second-order valence-electron chi connectivity index (χ2n) is 7.70. The van der Waals surface area contributed by atoms with Crippen molar-refractivity contribution in [3.8, 4) is 34.5 Å². The normalized spacial score (nSPS) is 10.9. The van der Waals surface area contributed by atoms with Crippen LogP contribution >= 0.6 is 0 Å². The van der Waals surface area contributed by atoms with Crippen LogP contribution in [0.25, 0.3) is 0 Å². The zero-order valence-electron chi connectivity index (χ0n) is 18.9. The number of ketones is 3. The summed E-state index contributed by atoms with van der Waals surface area (Å²) in [6.07, 6.45) is -0.440. The molecule has 0 unspecified atom stereocenters. The molecule has 2 aromatic carbocycles. The number of Topliss-reactive ketones (excluding diaryl/α,β-unsaturated/α-hetero) is 3. The zero-order valence-corrected chi connectivity index (χ0v) is 18.9. The maximum atomic E-state index is 12.5. The molecular weight excluding hydrogens is 432 g/mol. The van der Waals surface area contributed by atoms with Crippen LogP contribution < -0.4 is 0 Å². The summed E-state index contributed by atoms with van der Waals surface area (Å²) in [7, 11) is 0. The fourth-order valence-electron chi connectivity index (χ4n) is 3.67. The Hall–Kier alpha value is -3.75. The Bertz CT molecular complexity index is 1100. The van der Waals surface area contributed by atoms with Gasteiger partial charge in [0.05, 0.1) is 0 Å². The molecular formula is C24H28O9. The van der Waals surface area contributed by atoms with Gasteiger partial charge in [0.25, 0.3) is 0 Å². The van der Waals surface area contributed by atoms with E-state index in [2.05, 4.69) is 0 Å². The summed E-state index contributed by atoms with van der Waals surface area (Å²) >= 11 is 0. The average Bonchev–Trinajstić information content (AvgIpc) is 2.77. The molecule has 0 saturated carbocycles. The molecule has 0 radical (unpaired) electrons. The summed E-state index contributed by atoms with van der Waals surface area (Å²) < 4.78 is 0. The Morgan fingerprint density at radius 3 is 1.36 bits per heavy atom. The van der Waals surface area contributed by atoms with Crippen LogP contribution in [0.3, 0.4) is 0 Å². The SMILES string of the molecule is CCCC(=O)c1c(O)c(C)c(O)c(Cc2c(O)c(C(=O)CC)c(O)c(C(=O)CC)c2O)c1O. The van der Waals surface area contributed by atoms with Crippen LogP contribution in [0.4, 0.5) is 0 Å². The molecule has 0 aliphatic heterocycles. The first-order chi connectivity index (χ1) is 15.4. The molecule has 6 N–H and O–H groups in total. The van der Waals surface area contributed by atoms with Gasteiger partial charge >= 0.3 is 0 Å². The number of carbonyl (C=O) groups is 3. The molecule has 0 atom stereocenters. The lowest BCUT2D eigenvalue weighted by molar-refractivity contribution is 0.0965. The minimum atomic E-state index is -0.860. The fraction of sp³-hybridized carbons (Fsp3) is 0.375. The molecule has 0 spiro atoms. The van der Waals surface area contributed by atoms with Gasteiger partial charge in [-0.2, -0.15) is 0 Å². The van der Waals surface area contributed by atoms with E-state index in [0.717, 1.165) is 0 Å². The van der Waals surface area contributed by atoms with Crippen LogP contribution in [-0.4, -0.2) is 48.0 Å². The predicted molar refractivity (Wildman–Crippen MR) is 119 cm³/mol. The fourth-order valence-corrected chi connectivity index (χ4v) is 3.67. The lowest BCUT2D eigenvalue weighted by Gasteiger charge is -2.19. The summed E-state index contributed by atoms with van der Waals surface area (Å²) in [6, 6.07) is 0. The van der Waals surface area contributed by atoms with Gasteiger partial charge in [-0.25, -0.2) is 0 Å². The number of carbonyl (C=O) groups excluding carboxylic acids is 3. The van der Waals surface area contributed by atoms with Crippen LogP contribution in [0, 0.1) is 6.92 Å². The van der Waals surface area contributed by atoms with Gasteiger partial charge in [0.15, 0.2) is 17.3 Å². The van der Waals surface area contributed by atoms with E-state index < -0.39 is 80.5 Å². The van der Waals surface area contributed by atoms with E-state index in [-0.39, 0.29) is 30.4 Å². The van der Waals surface area contributed by atoms with Gasteiger partial charge in [0.1, 0.15) is 51.2 Å². The van der Waals surface area contributed by atoms with Gasteiger partial charge in [0, 0.05) is 42.4 Å². The number of phenols is 6. The topological polar surface area (TPSA) is 173 Å². The highest BCUT2D eigenvalue weighted by Crippen LogP contribution is 2.48. The maximum Gasteiger partial charge on any atom is 0.170 e. The van der Waals surface area contributed by atoms with Crippen molar-refractivity contribution in [1.29, 1.82) is 0 Å². The summed E-state index contributed by atoms with van der Waals surface area (Å²) in [5.74, 6) is -6.46. The molecule has 2 aromatic rings. The summed E-state index contributed by atoms with van der Waals surface area (Å²) in [5, 5.41) is 63.6. The van der Waals surface area contributed by atoms with Crippen molar-refractivity contribution in [3.05, 3.63) is 33.4 Å². The van der Waals surface area contributed by atoms with E-state index in [4.69, 9.17) is 0 Å². The van der Waals surface area contributed by atoms with Crippen molar-refractivity contribution >= 4 is 17.3 Å². The molecule has 0 bridgehead atoms. The lowest BCUT2D eigenvalue weighted by Crippen LogP contribution is -2.09. The lowest BCUT2D eigenvalue weighted by atomic mass is 9.88. The first-order valence-electron chi connectivity index (χ1n) is 10.6. The van der Waals surface area contributed by atoms with E-state index in [9.17, 15) is 45.0 Å². The molecule has 0 aromatic heterocycles. The number of benzene rings is 2. The Morgan fingerprint density at radius 2 is 0.970 bits per heavy atom. The molecule has 178 valence electrons. The van der Waals surface area contributed by atoms with Crippen molar-refractivity contribution in [1.82, 2.24) is 0 Å². The standard InChI is InChI=1S/C24H28O9/c1-5-8-15(27)18-20(29)10(4)19(28)11(21(18)30)9-12-22(31)16(13(25)6-2)24(33)17(23(12)32)14(26)7-3/h28-33H,5-9H2,1-4H3. The second-order valence-corrected chi connectivity index (χ2v) is 7.70. The first-order valence-corrected chi connectivity index (χ1v) is 10.6. The predicted octanol–water partition coefficient (Wildman–Crippen LogP) is 3.99. The van der Waals surface area contributed by atoms with Crippen LogP contribution in [-0.2, 0) is 6.42 Å². The molecule has 9 heteroatoms. The number of phenolic OH excluding ortho intramolecular Hbond substituents is 6. The highest BCUT2D eigenvalue weighted by Gasteiger charge is 2.32. The maximum absolute atomic E-state index is 12.5. The van der Waals surface area contributed by atoms with Crippen LogP contribution in [0.1, 0.15) is 94.2 Å². The third kappa shape index (κ3) is 4.30. The van der Waals surface area contributed by atoms with Crippen molar-refractivity contribution in [2.75, 3.05) is 0 Å². The first kappa shape index (κ1) is 25.5. The Morgan fingerprint density at radius 1 is 0.576 bits per heavy atom.